The van der Waals surface area contributed by atoms with Crippen LogP contribution in [-0.4, -0.2) is 39.2 Å². The van der Waals surface area contributed by atoms with E-state index in [0.29, 0.717) is 5.69 Å². The minimum atomic E-state index is -4.26. The molecular weight excluding hydrogens is 348 g/mol. The Hall–Kier alpha value is -2.78. The highest BCUT2D eigenvalue weighted by Gasteiger charge is 2.41. The second-order valence-corrected chi connectivity index (χ2v) is 5.22. The first-order valence-corrected chi connectivity index (χ1v) is 7.05. The molecule has 136 valence electrons. The Labute approximate surface area is 138 Å². The number of alkyl halides is 4. The first-order valence-electron chi connectivity index (χ1n) is 7.05. The number of carboxylic acids is 1. The molecule has 1 heterocycles. The van der Waals surface area contributed by atoms with Crippen LogP contribution < -0.4 is 10.4 Å². The molecule has 1 aromatic heterocycles. The van der Waals surface area contributed by atoms with E-state index in [-0.39, 0.29) is 5.75 Å². The highest BCUT2D eigenvalue weighted by Crippen LogP contribution is 2.24. The lowest BCUT2D eigenvalue weighted by Crippen LogP contribution is -2.33. The van der Waals surface area contributed by atoms with Crippen LogP contribution in [0.25, 0.3) is 5.69 Å². The first kappa shape index (κ1) is 18.6. The Balaban J connectivity index is 2.16. The van der Waals surface area contributed by atoms with E-state index >= 15 is 0 Å². The molecule has 0 aliphatic carbocycles. The summed E-state index contributed by atoms with van der Waals surface area (Å²) in [6.45, 7) is -0.134. The van der Waals surface area contributed by atoms with Gasteiger partial charge < -0.3 is 9.84 Å². The fourth-order valence-electron chi connectivity index (χ4n) is 1.95. The van der Waals surface area contributed by atoms with Gasteiger partial charge in [0.25, 0.3) is 0 Å². The molecule has 1 N–H and O–H groups in total. The number of carbonyl (C=O) groups is 1. The van der Waals surface area contributed by atoms with E-state index in [1.165, 1.54) is 43.6 Å². The van der Waals surface area contributed by atoms with Gasteiger partial charge in [-0.2, -0.15) is 8.78 Å². The van der Waals surface area contributed by atoms with E-state index in [4.69, 9.17) is 5.11 Å². The predicted octanol–water partition coefficient (Wildman–Crippen LogP) is 2.56. The number of hydrogen-bond acceptors (Lipinski definition) is 3. The number of imidazole rings is 1. The maximum absolute atomic E-state index is 12.8. The summed E-state index contributed by atoms with van der Waals surface area (Å²) in [4.78, 5) is 23.1. The summed E-state index contributed by atoms with van der Waals surface area (Å²) in [7, 11) is 0. The Morgan fingerprint density at radius 1 is 1.24 bits per heavy atom. The summed E-state index contributed by atoms with van der Waals surface area (Å²) in [5, 5.41) is 8.94. The maximum Gasteiger partial charge on any atom is 0.340 e. The molecule has 0 amide bonds. The monoisotopic (exact) mass is 362 g/mol. The van der Waals surface area contributed by atoms with Gasteiger partial charge in [-0.3, -0.25) is 9.13 Å². The molecule has 0 aliphatic heterocycles. The van der Waals surface area contributed by atoms with Gasteiger partial charge in [0.2, 0.25) is 0 Å². The number of halogens is 4. The van der Waals surface area contributed by atoms with Crippen molar-refractivity contribution < 1.29 is 32.2 Å². The molecular formula is C15H14F4N2O4. The lowest BCUT2D eigenvalue weighted by molar-refractivity contribution is -0.148. The summed E-state index contributed by atoms with van der Waals surface area (Å²) < 4.78 is 56.5. The number of ether oxygens (including phenoxy) is 1. The maximum atomic E-state index is 12.8. The molecule has 0 fully saturated rings. The van der Waals surface area contributed by atoms with Crippen molar-refractivity contribution in [2.24, 2.45) is 0 Å². The van der Waals surface area contributed by atoms with E-state index in [0.717, 1.165) is 9.13 Å². The third-order valence-corrected chi connectivity index (χ3v) is 3.44. The number of nitrogens with zero attached hydrogens (tertiary/aromatic N) is 2. The van der Waals surface area contributed by atoms with Crippen LogP contribution in [0.2, 0.25) is 0 Å². The molecule has 0 radical (unpaired) electrons. The average molecular weight is 362 g/mol. The van der Waals surface area contributed by atoms with Crippen molar-refractivity contribution in [2.45, 2.75) is 25.3 Å². The van der Waals surface area contributed by atoms with Crippen LogP contribution >= 0.6 is 0 Å². The van der Waals surface area contributed by atoms with E-state index in [9.17, 15) is 27.2 Å². The SMILES string of the molecule is CC(C(=O)O)n1ccn(-c2ccc(OCC(F)(F)C(F)F)cc2)c1=O. The van der Waals surface area contributed by atoms with Gasteiger partial charge in [0.15, 0.2) is 6.61 Å². The Morgan fingerprint density at radius 2 is 1.84 bits per heavy atom. The van der Waals surface area contributed by atoms with Crippen LogP contribution in [-0.2, 0) is 4.79 Å². The molecule has 2 rings (SSSR count). The van der Waals surface area contributed by atoms with Crippen molar-refractivity contribution in [1.82, 2.24) is 9.13 Å². The van der Waals surface area contributed by atoms with Crippen LogP contribution in [0.5, 0.6) is 5.75 Å². The second-order valence-electron chi connectivity index (χ2n) is 5.22. The zero-order valence-corrected chi connectivity index (χ0v) is 12.9. The number of aliphatic carboxylic acids is 1. The second kappa shape index (κ2) is 6.99. The summed E-state index contributed by atoms with van der Waals surface area (Å²) >= 11 is 0. The van der Waals surface area contributed by atoms with E-state index in [1.807, 2.05) is 0 Å². The quantitative estimate of drug-likeness (QED) is 0.769. The minimum Gasteiger partial charge on any atom is -0.487 e. The lowest BCUT2D eigenvalue weighted by atomic mass is 10.3. The number of rotatable bonds is 7. The molecule has 0 spiro atoms. The summed E-state index contributed by atoms with van der Waals surface area (Å²) in [6, 6.07) is 4.12. The zero-order chi connectivity index (χ0) is 18.8. The number of benzene rings is 1. The van der Waals surface area contributed by atoms with Crippen LogP contribution in [0.4, 0.5) is 17.6 Å². The van der Waals surface area contributed by atoms with Gasteiger partial charge in [-0.05, 0) is 31.2 Å². The van der Waals surface area contributed by atoms with Crippen LogP contribution in [0, 0.1) is 0 Å². The Morgan fingerprint density at radius 3 is 2.36 bits per heavy atom. The molecule has 0 bridgehead atoms. The van der Waals surface area contributed by atoms with Crippen LogP contribution in [0.1, 0.15) is 13.0 Å². The standard InChI is InChI=1S/C15H14F4N2O4/c1-9(12(22)23)20-6-7-21(14(20)24)10-2-4-11(5-3-10)25-8-15(18,19)13(16)17/h2-7,9,13H,8H2,1H3,(H,22,23). The van der Waals surface area contributed by atoms with Gasteiger partial charge in [0, 0.05) is 12.4 Å². The van der Waals surface area contributed by atoms with Crippen LogP contribution in [0.15, 0.2) is 41.5 Å². The van der Waals surface area contributed by atoms with Crippen molar-refractivity contribution in [3.63, 3.8) is 0 Å². The van der Waals surface area contributed by atoms with Gasteiger partial charge in [-0.15, -0.1) is 0 Å². The first-order chi connectivity index (χ1) is 11.6. The molecule has 0 saturated heterocycles. The molecule has 0 aliphatic rings. The summed E-state index contributed by atoms with van der Waals surface area (Å²) in [5.41, 5.74) is -0.276. The zero-order valence-electron chi connectivity index (χ0n) is 12.9. The molecule has 10 heteroatoms. The topological polar surface area (TPSA) is 73.5 Å². The van der Waals surface area contributed by atoms with E-state index < -0.39 is 36.7 Å². The molecule has 1 atom stereocenters. The smallest absolute Gasteiger partial charge is 0.340 e. The Kier molecular flexibility index (Phi) is 5.19. The predicted molar refractivity (Wildman–Crippen MR) is 78.8 cm³/mol. The average Bonchev–Trinajstić information content (AvgIpc) is 2.94. The van der Waals surface area contributed by atoms with Crippen molar-refractivity contribution in [1.29, 1.82) is 0 Å². The number of aromatic nitrogens is 2. The largest absolute Gasteiger partial charge is 0.487 e. The van der Waals surface area contributed by atoms with Crippen LogP contribution in [0.3, 0.4) is 0 Å². The number of carboxylic acid groups (broad SMARTS) is 1. The third kappa shape index (κ3) is 4.01. The third-order valence-electron chi connectivity index (χ3n) is 3.44. The lowest BCUT2D eigenvalue weighted by Gasteiger charge is -2.16. The van der Waals surface area contributed by atoms with Crippen molar-refractivity contribution >= 4 is 5.97 Å². The highest BCUT2D eigenvalue weighted by molar-refractivity contribution is 5.71. The minimum absolute atomic E-state index is 0.0736. The van der Waals surface area contributed by atoms with Crippen molar-refractivity contribution in [3.05, 3.63) is 47.1 Å². The van der Waals surface area contributed by atoms with Gasteiger partial charge in [-0.25, -0.2) is 18.4 Å². The van der Waals surface area contributed by atoms with Gasteiger partial charge in [0.1, 0.15) is 11.8 Å². The normalized spacial score (nSPS) is 13.0. The van der Waals surface area contributed by atoms with E-state index in [1.54, 1.807) is 0 Å². The Bertz CT molecular complexity index is 799. The highest BCUT2D eigenvalue weighted by atomic mass is 19.3. The molecule has 1 aromatic carbocycles. The van der Waals surface area contributed by atoms with Crippen molar-refractivity contribution in [2.75, 3.05) is 6.61 Å². The summed E-state index contributed by atoms with van der Waals surface area (Å²) in [6.07, 6.45) is -1.18. The molecule has 2 aromatic rings. The van der Waals surface area contributed by atoms with Gasteiger partial charge in [-0.1, -0.05) is 0 Å². The van der Waals surface area contributed by atoms with E-state index in [2.05, 4.69) is 4.74 Å². The fraction of sp³-hybridized carbons (Fsp3) is 0.333. The molecule has 1 unspecified atom stereocenters. The van der Waals surface area contributed by atoms with Crippen molar-refractivity contribution in [3.8, 4) is 11.4 Å². The van der Waals surface area contributed by atoms with Gasteiger partial charge in [0.05, 0.1) is 5.69 Å². The molecule has 25 heavy (non-hydrogen) atoms. The molecule has 6 nitrogen and oxygen atoms in total. The fourth-order valence-corrected chi connectivity index (χ4v) is 1.95. The number of hydrogen-bond donors (Lipinski definition) is 1. The molecule has 0 saturated carbocycles. The summed E-state index contributed by atoms with van der Waals surface area (Å²) in [5.74, 6) is -5.51. The van der Waals surface area contributed by atoms with Gasteiger partial charge >= 0.3 is 24.0 Å².